The molecule has 3 heterocycles. The first kappa shape index (κ1) is 16.7. The Bertz CT molecular complexity index is 740. The molecule has 1 amide bonds. The summed E-state index contributed by atoms with van der Waals surface area (Å²) >= 11 is 0. The van der Waals surface area contributed by atoms with E-state index in [0.717, 1.165) is 54.2 Å². The van der Waals surface area contributed by atoms with Gasteiger partial charge in [-0.05, 0) is 52.5 Å². The molecule has 0 radical (unpaired) electrons. The van der Waals surface area contributed by atoms with Crippen molar-refractivity contribution in [3.63, 3.8) is 0 Å². The molecule has 1 aliphatic heterocycles. The highest BCUT2D eigenvalue weighted by Gasteiger charge is 2.33. The average molecular weight is 330 g/mol. The Kier molecular flexibility index (Phi) is 4.47. The molecular weight excluding hydrogens is 304 g/mol. The Morgan fingerprint density at radius 2 is 2.00 bits per heavy atom. The third kappa shape index (κ3) is 2.85. The Morgan fingerprint density at radius 3 is 2.58 bits per heavy atom. The van der Waals surface area contributed by atoms with E-state index >= 15 is 0 Å². The molecule has 1 aliphatic rings. The molecule has 2 aromatic heterocycles. The van der Waals surface area contributed by atoms with Gasteiger partial charge in [0.05, 0.1) is 17.4 Å². The Balaban J connectivity index is 1.72. The molecule has 6 heteroatoms. The predicted molar refractivity (Wildman–Crippen MR) is 90.7 cm³/mol. The maximum atomic E-state index is 12.8. The molecule has 0 N–H and O–H groups in total. The van der Waals surface area contributed by atoms with Crippen LogP contribution in [0, 0.1) is 27.7 Å². The van der Waals surface area contributed by atoms with Crippen molar-refractivity contribution in [3.05, 3.63) is 34.0 Å². The van der Waals surface area contributed by atoms with Gasteiger partial charge in [-0.1, -0.05) is 5.16 Å². The lowest BCUT2D eigenvalue weighted by Gasteiger charge is -2.25. The lowest BCUT2D eigenvalue weighted by Crippen LogP contribution is -2.31. The molecule has 0 saturated carbocycles. The zero-order chi connectivity index (χ0) is 17.4. The number of aryl methyl sites for hydroxylation is 4. The largest absolute Gasteiger partial charge is 0.361 e. The van der Waals surface area contributed by atoms with Gasteiger partial charge in [0.1, 0.15) is 5.76 Å². The number of amides is 1. The minimum Gasteiger partial charge on any atom is -0.361 e. The highest BCUT2D eigenvalue weighted by molar-refractivity contribution is 5.77. The summed E-state index contributed by atoms with van der Waals surface area (Å²) in [7, 11) is 1.95. The third-order valence-electron chi connectivity index (χ3n) is 5.24. The number of hydrogen-bond donors (Lipinski definition) is 0. The van der Waals surface area contributed by atoms with E-state index in [9.17, 15) is 4.79 Å². The number of aromatic nitrogens is 3. The van der Waals surface area contributed by atoms with Crippen LogP contribution in [0.4, 0.5) is 0 Å². The average Bonchev–Trinajstić information content (AvgIpc) is 3.18. The van der Waals surface area contributed by atoms with Crippen LogP contribution in [-0.2, 0) is 18.3 Å². The van der Waals surface area contributed by atoms with E-state index in [0.29, 0.717) is 6.42 Å². The Labute approximate surface area is 142 Å². The van der Waals surface area contributed by atoms with Crippen LogP contribution < -0.4 is 0 Å². The molecule has 0 bridgehead atoms. The van der Waals surface area contributed by atoms with Crippen molar-refractivity contribution in [2.45, 2.75) is 59.4 Å². The van der Waals surface area contributed by atoms with Crippen molar-refractivity contribution in [3.8, 4) is 0 Å². The van der Waals surface area contributed by atoms with Crippen molar-refractivity contribution in [1.29, 1.82) is 0 Å². The van der Waals surface area contributed by atoms with Gasteiger partial charge in [-0.3, -0.25) is 9.48 Å². The normalized spacial score (nSPS) is 17.7. The summed E-state index contributed by atoms with van der Waals surface area (Å²) in [4.78, 5) is 14.8. The summed E-state index contributed by atoms with van der Waals surface area (Å²) in [6, 6.07) is 0.111. The number of nitrogens with zero attached hydrogens (tertiary/aromatic N) is 4. The highest BCUT2D eigenvalue weighted by atomic mass is 16.5. The lowest BCUT2D eigenvalue weighted by atomic mass is 10.0. The third-order valence-corrected chi connectivity index (χ3v) is 5.24. The van der Waals surface area contributed by atoms with Gasteiger partial charge in [-0.25, -0.2) is 0 Å². The number of carbonyl (C=O) groups is 1. The lowest BCUT2D eigenvalue weighted by molar-refractivity contribution is -0.132. The van der Waals surface area contributed by atoms with Crippen molar-refractivity contribution < 1.29 is 9.32 Å². The van der Waals surface area contributed by atoms with Gasteiger partial charge in [0.2, 0.25) is 5.91 Å². The van der Waals surface area contributed by atoms with E-state index in [1.807, 2.05) is 37.4 Å². The van der Waals surface area contributed by atoms with E-state index < -0.39 is 0 Å². The first-order chi connectivity index (χ1) is 11.4. The fourth-order valence-corrected chi connectivity index (χ4v) is 3.89. The fraction of sp³-hybridized carbons (Fsp3) is 0.611. The molecule has 6 nitrogen and oxygen atoms in total. The van der Waals surface area contributed by atoms with Crippen LogP contribution in [0.5, 0.6) is 0 Å². The van der Waals surface area contributed by atoms with Gasteiger partial charge in [-0.15, -0.1) is 0 Å². The molecule has 2 aromatic rings. The van der Waals surface area contributed by atoms with Crippen LogP contribution in [0.1, 0.15) is 59.3 Å². The van der Waals surface area contributed by atoms with E-state index in [1.165, 1.54) is 5.56 Å². The number of rotatable bonds is 4. The molecule has 0 aromatic carbocycles. The quantitative estimate of drug-likeness (QED) is 0.864. The van der Waals surface area contributed by atoms with E-state index in [-0.39, 0.29) is 11.9 Å². The predicted octanol–water partition coefficient (Wildman–Crippen LogP) is 2.94. The second kappa shape index (κ2) is 6.42. The van der Waals surface area contributed by atoms with Gasteiger partial charge in [0.15, 0.2) is 0 Å². The summed E-state index contributed by atoms with van der Waals surface area (Å²) in [6.45, 7) is 8.77. The van der Waals surface area contributed by atoms with Crippen molar-refractivity contribution in [2.24, 2.45) is 7.05 Å². The van der Waals surface area contributed by atoms with Crippen molar-refractivity contribution in [1.82, 2.24) is 19.8 Å². The maximum Gasteiger partial charge on any atom is 0.223 e. The molecule has 0 aliphatic carbocycles. The molecule has 24 heavy (non-hydrogen) atoms. The maximum absolute atomic E-state index is 12.8. The van der Waals surface area contributed by atoms with Gasteiger partial charge in [0, 0.05) is 31.3 Å². The summed E-state index contributed by atoms with van der Waals surface area (Å²) in [5.74, 6) is 1.04. The van der Waals surface area contributed by atoms with Crippen LogP contribution >= 0.6 is 0 Å². The zero-order valence-corrected chi connectivity index (χ0v) is 15.2. The van der Waals surface area contributed by atoms with Crippen molar-refractivity contribution >= 4 is 5.91 Å². The van der Waals surface area contributed by atoms with Crippen LogP contribution in [0.15, 0.2) is 4.52 Å². The van der Waals surface area contributed by atoms with Gasteiger partial charge in [-0.2, -0.15) is 5.10 Å². The Morgan fingerprint density at radius 1 is 1.25 bits per heavy atom. The second-order valence-corrected chi connectivity index (χ2v) is 6.76. The summed E-state index contributed by atoms with van der Waals surface area (Å²) in [5.41, 5.74) is 5.35. The molecule has 1 saturated heterocycles. The first-order valence-electron chi connectivity index (χ1n) is 8.61. The van der Waals surface area contributed by atoms with Crippen LogP contribution in [-0.4, -0.2) is 32.3 Å². The Hall–Kier alpha value is -2.11. The molecule has 1 unspecified atom stereocenters. The second-order valence-electron chi connectivity index (χ2n) is 6.76. The van der Waals surface area contributed by atoms with E-state index in [1.54, 1.807) is 0 Å². The van der Waals surface area contributed by atoms with Crippen LogP contribution in [0.2, 0.25) is 0 Å². The highest BCUT2D eigenvalue weighted by Crippen LogP contribution is 2.36. The topological polar surface area (TPSA) is 64.2 Å². The smallest absolute Gasteiger partial charge is 0.223 e. The van der Waals surface area contributed by atoms with E-state index in [4.69, 9.17) is 4.52 Å². The fourth-order valence-electron chi connectivity index (χ4n) is 3.89. The monoisotopic (exact) mass is 330 g/mol. The van der Waals surface area contributed by atoms with Gasteiger partial charge in [0.25, 0.3) is 0 Å². The van der Waals surface area contributed by atoms with Crippen LogP contribution in [0.3, 0.4) is 0 Å². The molecular formula is C18H26N4O2. The molecule has 3 rings (SSSR count). The number of carbonyl (C=O) groups excluding carboxylic acids is 1. The minimum atomic E-state index is 0.111. The van der Waals surface area contributed by atoms with Crippen molar-refractivity contribution in [2.75, 3.05) is 6.54 Å². The summed E-state index contributed by atoms with van der Waals surface area (Å²) in [6.07, 6.45) is 3.29. The molecule has 1 atom stereocenters. The molecule has 130 valence electrons. The van der Waals surface area contributed by atoms with Gasteiger partial charge >= 0.3 is 0 Å². The SMILES string of the molecule is Cc1nn(C)c(C)c1CCC(=O)N1CCCC1c1c(C)noc1C. The first-order valence-corrected chi connectivity index (χ1v) is 8.61. The molecule has 1 fully saturated rings. The summed E-state index contributed by atoms with van der Waals surface area (Å²) in [5, 5.41) is 8.49. The standard InChI is InChI=1S/C18H26N4O2/c1-11-15(13(3)21(5)19-11)8-9-17(23)22-10-6-7-16(22)18-12(2)20-24-14(18)4/h16H,6-10H2,1-5H3. The van der Waals surface area contributed by atoms with Crippen LogP contribution in [0.25, 0.3) is 0 Å². The van der Waals surface area contributed by atoms with E-state index in [2.05, 4.69) is 17.2 Å². The zero-order valence-electron chi connectivity index (χ0n) is 15.2. The number of hydrogen-bond acceptors (Lipinski definition) is 4. The van der Waals surface area contributed by atoms with Gasteiger partial charge < -0.3 is 9.42 Å². The minimum absolute atomic E-state index is 0.111. The number of likely N-dealkylation sites (tertiary alicyclic amines) is 1. The summed E-state index contributed by atoms with van der Waals surface area (Å²) < 4.78 is 7.19. The molecule has 0 spiro atoms.